The van der Waals surface area contributed by atoms with Gasteiger partial charge in [-0.25, -0.2) is 9.97 Å². The van der Waals surface area contributed by atoms with Gasteiger partial charge in [0.25, 0.3) is 0 Å². The first-order chi connectivity index (χ1) is 9.74. The highest BCUT2D eigenvalue weighted by atomic mass is 32.1. The van der Waals surface area contributed by atoms with Crippen molar-refractivity contribution in [3.05, 3.63) is 28.7 Å². The molecule has 0 aliphatic heterocycles. The Hall–Kier alpha value is -1.76. The van der Waals surface area contributed by atoms with Crippen LogP contribution >= 0.6 is 11.3 Å². The number of thiazole rings is 1. The second-order valence-corrected chi connectivity index (χ2v) is 5.54. The normalized spacial score (nSPS) is 10.7. The largest absolute Gasteiger partial charge is 0.356 e. The maximum Gasteiger partial charge on any atom is 0.220 e. The van der Waals surface area contributed by atoms with Crippen molar-refractivity contribution in [3.8, 4) is 0 Å². The quantitative estimate of drug-likeness (QED) is 0.750. The highest BCUT2D eigenvalue weighted by Gasteiger charge is 2.02. The van der Waals surface area contributed by atoms with Crippen LogP contribution in [0.15, 0.2) is 18.0 Å². The Kier molecular flexibility index (Phi) is 5.67. The second kappa shape index (κ2) is 7.74. The number of amides is 1. The van der Waals surface area contributed by atoms with Crippen molar-refractivity contribution in [1.29, 1.82) is 0 Å². The number of rotatable bonds is 8. The standard InChI is InChI=1S/C13H19N5OS/c1-11-8-20-13(17-11)5-2-6-15-12(19)4-3-7-18-10-14-9-16-18/h8-10H,2-7H2,1H3,(H,15,19). The summed E-state index contributed by atoms with van der Waals surface area (Å²) in [6.45, 7) is 3.43. The molecular weight excluding hydrogens is 274 g/mol. The Balaban J connectivity index is 1.51. The summed E-state index contributed by atoms with van der Waals surface area (Å²) in [5.74, 6) is 0.0976. The Morgan fingerprint density at radius 1 is 1.45 bits per heavy atom. The number of carbonyl (C=O) groups excluding carboxylic acids is 1. The van der Waals surface area contributed by atoms with Gasteiger partial charge in [-0.05, 0) is 19.8 Å². The van der Waals surface area contributed by atoms with Gasteiger partial charge in [-0.3, -0.25) is 9.48 Å². The van der Waals surface area contributed by atoms with Crippen LogP contribution in [0.3, 0.4) is 0 Å². The molecular formula is C13H19N5OS. The van der Waals surface area contributed by atoms with E-state index in [1.165, 1.54) is 6.33 Å². The molecule has 6 nitrogen and oxygen atoms in total. The van der Waals surface area contributed by atoms with E-state index in [0.717, 1.165) is 36.5 Å². The Morgan fingerprint density at radius 3 is 3.05 bits per heavy atom. The summed E-state index contributed by atoms with van der Waals surface area (Å²) >= 11 is 1.68. The van der Waals surface area contributed by atoms with Crippen molar-refractivity contribution in [2.24, 2.45) is 0 Å². The summed E-state index contributed by atoms with van der Waals surface area (Å²) < 4.78 is 1.73. The summed E-state index contributed by atoms with van der Waals surface area (Å²) in [6, 6.07) is 0. The van der Waals surface area contributed by atoms with E-state index in [2.05, 4.69) is 25.8 Å². The molecule has 20 heavy (non-hydrogen) atoms. The summed E-state index contributed by atoms with van der Waals surface area (Å²) in [5, 5.41) is 10.1. The molecule has 2 heterocycles. The molecule has 0 fully saturated rings. The number of nitrogens with zero attached hydrogens (tertiary/aromatic N) is 4. The van der Waals surface area contributed by atoms with Crippen LogP contribution in [0.5, 0.6) is 0 Å². The Bertz CT molecular complexity index is 523. The molecule has 2 aromatic rings. The zero-order chi connectivity index (χ0) is 14.2. The number of hydrogen-bond acceptors (Lipinski definition) is 5. The molecule has 1 N–H and O–H groups in total. The highest BCUT2D eigenvalue weighted by Crippen LogP contribution is 2.10. The van der Waals surface area contributed by atoms with E-state index in [4.69, 9.17) is 0 Å². The zero-order valence-corrected chi connectivity index (χ0v) is 12.4. The van der Waals surface area contributed by atoms with Gasteiger partial charge in [0.05, 0.1) is 5.01 Å². The highest BCUT2D eigenvalue weighted by molar-refractivity contribution is 7.09. The summed E-state index contributed by atoms with van der Waals surface area (Å²) in [6.07, 6.45) is 6.32. The van der Waals surface area contributed by atoms with Gasteiger partial charge in [-0.15, -0.1) is 11.3 Å². The Labute approximate surface area is 122 Å². The molecule has 1 amide bonds. The lowest BCUT2D eigenvalue weighted by Gasteiger charge is -2.04. The average Bonchev–Trinajstić information content (AvgIpc) is 3.06. The van der Waals surface area contributed by atoms with Gasteiger partial charge in [-0.1, -0.05) is 0 Å². The first-order valence-corrected chi connectivity index (χ1v) is 7.62. The minimum Gasteiger partial charge on any atom is -0.356 e. The number of hydrogen-bond donors (Lipinski definition) is 1. The fourth-order valence-electron chi connectivity index (χ4n) is 1.82. The van der Waals surface area contributed by atoms with Crippen molar-refractivity contribution in [3.63, 3.8) is 0 Å². The third-order valence-corrected chi connectivity index (χ3v) is 3.84. The van der Waals surface area contributed by atoms with Gasteiger partial charge in [-0.2, -0.15) is 5.10 Å². The first kappa shape index (κ1) is 14.6. The van der Waals surface area contributed by atoms with E-state index < -0.39 is 0 Å². The zero-order valence-electron chi connectivity index (χ0n) is 11.6. The SMILES string of the molecule is Cc1csc(CCCNC(=O)CCCn2cncn2)n1. The molecule has 0 saturated carbocycles. The summed E-state index contributed by atoms with van der Waals surface area (Å²) in [7, 11) is 0. The lowest BCUT2D eigenvalue weighted by Crippen LogP contribution is -2.24. The predicted octanol–water partition coefficient (Wildman–Crippen LogP) is 1.57. The third kappa shape index (κ3) is 5.08. The molecule has 0 aliphatic carbocycles. The molecule has 7 heteroatoms. The molecule has 2 rings (SSSR count). The number of aromatic nitrogens is 4. The van der Waals surface area contributed by atoms with Crippen molar-refractivity contribution in [2.45, 2.75) is 39.2 Å². The van der Waals surface area contributed by atoms with E-state index in [1.807, 2.05) is 6.92 Å². The topological polar surface area (TPSA) is 72.7 Å². The van der Waals surface area contributed by atoms with Crippen LogP contribution in [0.2, 0.25) is 0 Å². The van der Waals surface area contributed by atoms with E-state index in [0.29, 0.717) is 13.0 Å². The minimum absolute atomic E-state index is 0.0976. The second-order valence-electron chi connectivity index (χ2n) is 4.60. The van der Waals surface area contributed by atoms with Gasteiger partial charge >= 0.3 is 0 Å². The minimum atomic E-state index is 0.0976. The molecule has 0 radical (unpaired) electrons. The molecule has 0 bridgehead atoms. The summed E-state index contributed by atoms with van der Waals surface area (Å²) in [5.41, 5.74) is 1.07. The fraction of sp³-hybridized carbons (Fsp3) is 0.538. The maximum atomic E-state index is 11.6. The van der Waals surface area contributed by atoms with Crippen LogP contribution in [-0.2, 0) is 17.8 Å². The van der Waals surface area contributed by atoms with Gasteiger partial charge < -0.3 is 5.32 Å². The van der Waals surface area contributed by atoms with Crippen LogP contribution in [0.1, 0.15) is 30.0 Å². The van der Waals surface area contributed by atoms with Gasteiger partial charge in [0.1, 0.15) is 12.7 Å². The van der Waals surface area contributed by atoms with E-state index in [9.17, 15) is 4.79 Å². The van der Waals surface area contributed by atoms with Crippen LogP contribution in [-0.4, -0.2) is 32.2 Å². The predicted molar refractivity (Wildman–Crippen MR) is 77.4 cm³/mol. The Morgan fingerprint density at radius 2 is 2.35 bits per heavy atom. The fourth-order valence-corrected chi connectivity index (χ4v) is 2.64. The molecule has 2 aromatic heterocycles. The van der Waals surface area contributed by atoms with Crippen LogP contribution in [0.4, 0.5) is 0 Å². The molecule has 108 valence electrons. The van der Waals surface area contributed by atoms with Crippen molar-refractivity contribution >= 4 is 17.2 Å². The average molecular weight is 293 g/mol. The van der Waals surface area contributed by atoms with Crippen LogP contribution < -0.4 is 5.32 Å². The number of aryl methyl sites for hydroxylation is 3. The van der Waals surface area contributed by atoms with Crippen molar-refractivity contribution in [1.82, 2.24) is 25.1 Å². The smallest absolute Gasteiger partial charge is 0.220 e. The monoisotopic (exact) mass is 293 g/mol. The molecule has 0 unspecified atom stereocenters. The summed E-state index contributed by atoms with van der Waals surface area (Å²) in [4.78, 5) is 19.9. The maximum absolute atomic E-state index is 11.6. The first-order valence-electron chi connectivity index (χ1n) is 6.74. The van der Waals surface area contributed by atoms with Gasteiger partial charge in [0.2, 0.25) is 5.91 Å². The lowest BCUT2D eigenvalue weighted by molar-refractivity contribution is -0.121. The van der Waals surface area contributed by atoms with Gasteiger partial charge in [0, 0.05) is 37.0 Å². The number of carbonyl (C=O) groups is 1. The van der Waals surface area contributed by atoms with Crippen LogP contribution in [0, 0.1) is 6.92 Å². The molecule has 0 spiro atoms. The van der Waals surface area contributed by atoms with Gasteiger partial charge in [0.15, 0.2) is 0 Å². The van der Waals surface area contributed by atoms with Crippen molar-refractivity contribution in [2.75, 3.05) is 6.54 Å². The lowest BCUT2D eigenvalue weighted by atomic mass is 10.2. The van der Waals surface area contributed by atoms with E-state index in [1.54, 1.807) is 22.3 Å². The molecule has 0 atom stereocenters. The molecule has 0 saturated heterocycles. The number of nitrogens with one attached hydrogen (secondary N) is 1. The van der Waals surface area contributed by atoms with E-state index >= 15 is 0 Å². The van der Waals surface area contributed by atoms with Crippen molar-refractivity contribution < 1.29 is 4.79 Å². The molecule has 0 aliphatic rings. The van der Waals surface area contributed by atoms with E-state index in [-0.39, 0.29) is 5.91 Å². The third-order valence-electron chi connectivity index (χ3n) is 2.81. The molecule has 0 aromatic carbocycles. The van der Waals surface area contributed by atoms with Crippen LogP contribution in [0.25, 0.3) is 0 Å².